The van der Waals surface area contributed by atoms with Gasteiger partial charge in [0.05, 0.1) is 0 Å². The van der Waals surface area contributed by atoms with Gasteiger partial charge in [-0.15, -0.1) is 0 Å². The first-order valence-corrected chi connectivity index (χ1v) is 7.75. The van der Waals surface area contributed by atoms with Gasteiger partial charge in [0.15, 0.2) is 0 Å². The molecule has 0 aliphatic carbocycles. The smallest absolute Gasteiger partial charge is 0.124 e. The van der Waals surface area contributed by atoms with E-state index in [1.807, 2.05) is 0 Å². The van der Waals surface area contributed by atoms with Gasteiger partial charge in [0.2, 0.25) is 0 Å². The second-order valence-corrected chi connectivity index (χ2v) is 5.39. The van der Waals surface area contributed by atoms with Crippen molar-refractivity contribution in [2.75, 3.05) is 6.54 Å². The molecule has 108 valence electrons. The lowest BCUT2D eigenvalue weighted by Gasteiger charge is -2.19. The van der Waals surface area contributed by atoms with Crippen LogP contribution in [0.25, 0.3) is 0 Å². The molecular weight excluding hydrogens is 261 g/mol. The summed E-state index contributed by atoms with van der Waals surface area (Å²) in [5.41, 5.74) is 1.01. The molecule has 0 heterocycles. The van der Waals surface area contributed by atoms with Crippen molar-refractivity contribution in [2.24, 2.45) is 0 Å². The number of benzene rings is 1. The highest BCUT2D eigenvalue weighted by Gasteiger charge is 2.13. The quantitative estimate of drug-likeness (QED) is 0.592. The fourth-order valence-electron chi connectivity index (χ4n) is 2.35. The van der Waals surface area contributed by atoms with Crippen molar-refractivity contribution in [3.63, 3.8) is 0 Å². The monoisotopic (exact) mass is 285 g/mol. The number of unbranched alkanes of at least 4 members (excludes halogenated alkanes) is 4. The molecule has 1 nitrogen and oxygen atoms in total. The zero-order chi connectivity index (χ0) is 14.1. The molecule has 0 aliphatic heterocycles. The van der Waals surface area contributed by atoms with Gasteiger partial charge in [0.1, 0.15) is 5.82 Å². The van der Waals surface area contributed by atoms with Gasteiger partial charge in [-0.1, -0.05) is 63.6 Å². The molecule has 3 heteroatoms. The van der Waals surface area contributed by atoms with E-state index in [4.69, 9.17) is 11.6 Å². The Hall–Kier alpha value is -0.600. The first-order valence-electron chi connectivity index (χ1n) is 7.37. The van der Waals surface area contributed by atoms with Crippen LogP contribution in [0.15, 0.2) is 18.2 Å². The molecule has 1 unspecified atom stereocenters. The molecule has 1 rings (SSSR count). The summed E-state index contributed by atoms with van der Waals surface area (Å²) < 4.78 is 13.1. The Morgan fingerprint density at radius 1 is 1.16 bits per heavy atom. The van der Waals surface area contributed by atoms with Crippen LogP contribution in [-0.2, 0) is 0 Å². The molecule has 0 amide bonds. The third kappa shape index (κ3) is 5.92. The lowest BCUT2D eigenvalue weighted by molar-refractivity contribution is 0.478. The van der Waals surface area contributed by atoms with Crippen LogP contribution in [0.2, 0.25) is 5.02 Å². The van der Waals surface area contributed by atoms with Crippen LogP contribution in [0.1, 0.15) is 64.0 Å². The van der Waals surface area contributed by atoms with Crippen molar-refractivity contribution in [3.05, 3.63) is 34.6 Å². The maximum Gasteiger partial charge on any atom is 0.124 e. The molecule has 0 saturated heterocycles. The van der Waals surface area contributed by atoms with E-state index >= 15 is 0 Å². The van der Waals surface area contributed by atoms with Gasteiger partial charge in [-0.2, -0.15) is 0 Å². The van der Waals surface area contributed by atoms with E-state index in [0.717, 1.165) is 18.5 Å². The third-order valence-electron chi connectivity index (χ3n) is 3.38. The van der Waals surface area contributed by atoms with Crippen molar-refractivity contribution in [3.8, 4) is 0 Å². The molecule has 0 fully saturated rings. The molecule has 0 aliphatic rings. The molecule has 0 radical (unpaired) electrons. The van der Waals surface area contributed by atoms with Crippen molar-refractivity contribution in [1.29, 1.82) is 0 Å². The van der Waals surface area contributed by atoms with E-state index in [2.05, 4.69) is 19.2 Å². The maximum atomic E-state index is 13.1. The van der Waals surface area contributed by atoms with Crippen molar-refractivity contribution < 1.29 is 4.39 Å². The Bertz CT molecular complexity index is 368. The average Bonchev–Trinajstić information content (AvgIpc) is 2.38. The van der Waals surface area contributed by atoms with Crippen LogP contribution in [0, 0.1) is 5.82 Å². The van der Waals surface area contributed by atoms with E-state index in [0.29, 0.717) is 5.02 Å². The third-order valence-corrected chi connectivity index (χ3v) is 3.71. The van der Waals surface area contributed by atoms with Crippen LogP contribution in [0.3, 0.4) is 0 Å². The highest BCUT2D eigenvalue weighted by molar-refractivity contribution is 6.31. The van der Waals surface area contributed by atoms with Gasteiger partial charge in [0, 0.05) is 11.1 Å². The number of hydrogen-bond acceptors (Lipinski definition) is 1. The molecule has 0 aromatic heterocycles. The summed E-state index contributed by atoms with van der Waals surface area (Å²) in [5, 5.41) is 3.97. The fourth-order valence-corrected chi connectivity index (χ4v) is 2.65. The lowest BCUT2D eigenvalue weighted by Crippen LogP contribution is -2.21. The van der Waals surface area contributed by atoms with E-state index in [-0.39, 0.29) is 11.9 Å². The molecule has 19 heavy (non-hydrogen) atoms. The molecule has 1 atom stereocenters. The Morgan fingerprint density at radius 3 is 2.53 bits per heavy atom. The van der Waals surface area contributed by atoms with Gasteiger partial charge in [-0.25, -0.2) is 4.39 Å². The van der Waals surface area contributed by atoms with Crippen molar-refractivity contribution in [1.82, 2.24) is 5.32 Å². The van der Waals surface area contributed by atoms with Gasteiger partial charge in [-0.05, 0) is 30.7 Å². The fraction of sp³-hybridized carbons (Fsp3) is 0.625. The van der Waals surface area contributed by atoms with Crippen LogP contribution >= 0.6 is 11.6 Å². The summed E-state index contributed by atoms with van der Waals surface area (Å²) in [6.45, 7) is 5.20. The standard InChI is InChI=1S/C16H25ClFN/c1-3-5-6-7-8-9-16(19-4-2)14-11-10-13(18)12-15(14)17/h10-12,16,19H,3-9H2,1-2H3. The van der Waals surface area contributed by atoms with Gasteiger partial charge >= 0.3 is 0 Å². The summed E-state index contributed by atoms with van der Waals surface area (Å²) in [7, 11) is 0. The van der Waals surface area contributed by atoms with Crippen LogP contribution < -0.4 is 5.32 Å². The number of hydrogen-bond donors (Lipinski definition) is 1. The second-order valence-electron chi connectivity index (χ2n) is 4.98. The number of halogens is 2. The van der Waals surface area contributed by atoms with Crippen LogP contribution in [0.4, 0.5) is 4.39 Å². The number of nitrogens with one attached hydrogen (secondary N) is 1. The minimum absolute atomic E-state index is 0.236. The minimum Gasteiger partial charge on any atom is -0.310 e. The predicted molar refractivity (Wildman–Crippen MR) is 81.2 cm³/mol. The van der Waals surface area contributed by atoms with Crippen LogP contribution in [0.5, 0.6) is 0 Å². The second kappa shape index (κ2) is 9.33. The SMILES string of the molecule is CCCCCCCC(NCC)c1ccc(F)cc1Cl. The van der Waals surface area contributed by atoms with E-state index in [1.165, 1.54) is 44.2 Å². The van der Waals surface area contributed by atoms with Crippen LogP contribution in [-0.4, -0.2) is 6.54 Å². The Kier molecular flexibility index (Phi) is 8.08. The molecule has 1 N–H and O–H groups in total. The molecule has 0 saturated carbocycles. The minimum atomic E-state index is -0.271. The maximum absolute atomic E-state index is 13.1. The summed E-state index contributed by atoms with van der Waals surface area (Å²) in [5.74, 6) is -0.271. The molecule has 0 bridgehead atoms. The largest absolute Gasteiger partial charge is 0.310 e. The Labute approximate surface area is 121 Å². The Balaban J connectivity index is 2.55. The first kappa shape index (κ1) is 16.5. The topological polar surface area (TPSA) is 12.0 Å². The van der Waals surface area contributed by atoms with Gasteiger partial charge < -0.3 is 5.32 Å². The van der Waals surface area contributed by atoms with Crippen molar-refractivity contribution in [2.45, 2.75) is 58.4 Å². The summed E-state index contributed by atoms with van der Waals surface area (Å²) in [6, 6.07) is 4.93. The van der Waals surface area contributed by atoms with Gasteiger partial charge in [0.25, 0.3) is 0 Å². The Morgan fingerprint density at radius 2 is 1.89 bits per heavy atom. The highest BCUT2D eigenvalue weighted by Crippen LogP contribution is 2.27. The summed E-state index contributed by atoms with van der Waals surface area (Å²) in [6.07, 6.45) is 7.37. The predicted octanol–water partition coefficient (Wildman–Crippen LogP) is 5.49. The summed E-state index contributed by atoms with van der Waals surface area (Å²) in [4.78, 5) is 0. The highest BCUT2D eigenvalue weighted by atomic mass is 35.5. The summed E-state index contributed by atoms with van der Waals surface area (Å²) >= 11 is 6.14. The normalized spacial score (nSPS) is 12.6. The van der Waals surface area contributed by atoms with E-state index in [9.17, 15) is 4.39 Å². The molecule has 0 spiro atoms. The molecule has 1 aromatic carbocycles. The number of rotatable bonds is 9. The van der Waals surface area contributed by atoms with Gasteiger partial charge in [-0.3, -0.25) is 0 Å². The van der Waals surface area contributed by atoms with Crippen molar-refractivity contribution >= 4 is 11.6 Å². The average molecular weight is 286 g/mol. The van der Waals surface area contributed by atoms with E-state index < -0.39 is 0 Å². The first-order chi connectivity index (χ1) is 9.19. The molecular formula is C16H25ClFN. The lowest BCUT2D eigenvalue weighted by atomic mass is 9.99. The van der Waals surface area contributed by atoms with E-state index in [1.54, 1.807) is 6.07 Å². The zero-order valence-electron chi connectivity index (χ0n) is 12.0. The zero-order valence-corrected chi connectivity index (χ0v) is 12.8. The molecule has 1 aromatic rings.